The van der Waals surface area contributed by atoms with Gasteiger partial charge in [0.1, 0.15) is 0 Å². The van der Waals surface area contributed by atoms with Gasteiger partial charge in [-0.2, -0.15) is 0 Å². The molecule has 0 N–H and O–H groups in total. The number of allylic oxidation sites excluding steroid dienone is 2. The molecule has 2 aliphatic rings. The monoisotopic (exact) mass is 162 g/mol. The fourth-order valence-corrected chi connectivity index (χ4v) is 2.12. The molecule has 1 fully saturated rings. The zero-order chi connectivity index (χ0) is 8.39. The predicted octanol–water partition coefficient (Wildman–Crippen LogP) is 1.85. The van der Waals surface area contributed by atoms with Crippen molar-refractivity contribution in [2.75, 3.05) is 13.7 Å². The van der Waals surface area contributed by atoms with Crippen molar-refractivity contribution in [2.45, 2.75) is 12.8 Å². The number of hydrogen-bond donors (Lipinski definition) is 0. The molecule has 0 aliphatic heterocycles. The smallest absolute Gasteiger partial charge is 0.0499 e. The van der Waals surface area contributed by atoms with E-state index in [4.69, 9.17) is 4.74 Å². The van der Waals surface area contributed by atoms with Crippen LogP contribution in [0.4, 0.5) is 0 Å². The molecule has 0 saturated heterocycles. The van der Waals surface area contributed by atoms with E-state index in [1.165, 1.54) is 6.42 Å². The van der Waals surface area contributed by atoms with Gasteiger partial charge in [0.25, 0.3) is 0 Å². The highest BCUT2D eigenvalue weighted by atomic mass is 16.5. The average molecular weight is 162 g/mol. The Morgan fingerprint density at radius 1 is 1.58 bits per heavy atom. The van der Waals surface area contributed by atoms with E-state index in [1.807, 2.05) is 6.08 Å². The van der Waals surface area contributed by atoms with E-state index < -0.39 is 0 Å². The minimum absolute atomic E-state index is 0.763. The lowest BCUT2D eigenvalue weighted by atomic mass is 10.1. The minimum Gasteiger partial charge on any atom is -0.384 e. The second-order valence-electron chi connectivity index (χ2n) is 3.58. The minimum atomic E-state index is 0.763. The zero-order valence-electron chi connectivity index (χ0n) is 7.42. The highest BCUT2D eigenvalue weighted by molar-refractivity contribution is 5.22. The Morgan fingerprint density at radius 2 is 2.50 bits per heavy atom. The van der Waals surface area contributed by atoms with Crippen LogP contribution >= 0.6 is 0 Å². The van der Waals surface area contributed by atoms with Gasteiger partial charge < -0.3 is 4.74 Å². The number of methoxy groups -OCH3 is 1. The van der Waals surface area contributed by atoms with Crippen LogP contribution in [-0.4, -0.2) is 13.7 Å². The van der Waals surface area contributed by atoms with Crippen LogP contribution in [0.3, 0.4) is 0 Å². The molecule has 0 bridgehead atoms. The Hall–Kier alpha value is -0.740. The third-order valence-corrected chi connectivity index (χ3v) is 2.86. The summed E-state index contributed by atoms with van der Waals surface area (Å²) in [5.41, 5.74) is 0. The Bertz CT molecular complexity index is 243. The number of rotatable bonds is 2. The first-order valence-corrected chi connectivity index (χ1v) is 4.57. The maximum atomic E-state index is 5.16. The highest BCUT2D eigenvalue weighted by Gasteiger charge is 2.47. The summed E-state index contributed by atoms with van der Waals surface area (Å²) in [5.74, 6) is 8.56. The van der Waals surface area contributed by atoms with E-state index in [0.717, 1.165) is 30.8 Å². The molecule has 0 aromatic rings. The summed E-state index contributed by atoms with van der Waals surface area (Å²) in [5, 5.41) is 0. The quantitative estimate of drug-likeness (QED) is 0.563. The number of fused-ring (bicyclic) bond motifs is 1. The molecule has 64 valence electrons. The average Bonchev–Trinajstić information content (AvgIpc) is 2.61. The summed E-state index contributed by atoms with van der Waals surface area (Å²) in [6, 6.07) is 0. The van der Waals surface area contributed by atoms with Gasteiger partial charge in [-0.25, -0.2) is 0 Å². The molecule has 2 rings (SSSR count). The van der Waals surface area contributed by atoms with Crippen molar-refractivity contribution in [1.29, 1.82) is 0 Å². The lowest BCUT2D eigenvalue weighted by Gasteiger charge is -1.94. The van der Waals surface area contributed by atoms with E-state index >= 15 is 0 Å². The van der Waals surface area contributed by atoms with Crippen LogP contribution in [0.1, 0.15) is 12.8 Å². The summed E-state index contributed by atoms with van der Waals surface area (Å²) < 4.78 is 5.16. The molecule has 0 heterocycles. The van der Waals surface area contributed by atoms with E-state index in [1.54, 1.807) is 7.11 Å². The SMILES string of the molecule is COCC1C2C=CC#CCCC21. The normalized spacial score (nSPS) is 37.2. The summed E-state index contributed by atoms with van der Waals surface area (Å²) in [7, 11) is 1.78. The maximum Gasteiger partial charge on any atom is 0.0499 e. The Labute approximate surface area is 73.8 Å². The van der Waals surface area contributed by atoms with E-state index in [2.05, 4.69) is 17.9 Å². The van der Waals surface area contributed by atoms with Crippen molar-refractivity contribution in [1.82, 2.24) is 0 Å². The molecule has 0 radical (unpaired) electrons. The van der Waals surface area contributed by atoms with Gasteiger partial charge in [0.2, 0.25) is 0 Å². The third-order valence-electron chi connectivity index (χ3n) is 2.86. The molecule has 1 saturated carbocycles. The molecule has 1 heteroatoms. The van der Waals surface area contributed by atoms with Crippen LogP contribution in [0.2, 0.25) is 0 Å². The standard InChI is InChI=1S/C11H14O/c1-12-8-11-9-6-4-2-3-5-7-10(9)11/h4,6,9-11H,5,7-8H2,1H3. The van der Waals surface area contributed by atoms with Crippen LogP contribution < -0.4 is 0 Å². The Kier molecular flexibility index (Phi) is 2.19. The molecule has 0 aromatic carbocycles. The van der Waals surface area contributed by atoms with Crippen molar-refractivity contribution in [3.63, 3.8) is 0 Å². The summed E-state index contributed by atoms with van der Waals surface area (Å²) >= 11 is 0. The van der Waals surface area contributed by atoms with Crippen LogP contribution in [0.5, 0.6) is 0 Å². The van der Waals surface area contributed by atoms with Crippen LogP contribution in [-0.2, 0) is 4.74 Å². The maximum absolute atomic E-state index is 5.16. The molecular weight excluding hydrogens is 148 g/mol. The van der Waals surface area contributed by atoms with Gasteiger partial charge >= 0.3 is 0 Å². The van der Waals surface area contributed by atoms with Crippen LogP contribution in [0.15, 0.2) is 12.2 Å². The fourth-order valence-electron chi connectivity index (χ4n) is 2.12. The second-order valence-corrected chi connectivity index (χ2v) is 3.58. The van der Waals surface area contributed by atoms with E-state index in [-0.39, 0.29) is 0 Å². The first-order valence-electron chi connectivity index (χ1n) is 4.57. The Morgan fingerprint density at radius 3 is 3.33 bits per heavy atom. The lowest BCUT2D eigenvalue weighted by Crippen LogP contribution is -1.93. The molecule has 0 aromatic heterocycles. The molecule has 2 aliphatic carbocycles. The van der Waals surface area contributed by atoms with Crippen molar-refractivity contribution < 1.29 is 4.74 Å². The van der Waals surface area contributed by atoms with Crippen molar-refractivity contribution in [3.8, 4) is 11.8 Å². The van der Waals surface area contributed by atoms with Crippen molar-refractivity contribution >= 4 is 0 Å². The first-order chi connectivity index (χ1) is 5.93. The largest absolute Gasteiger partial charge is 0.384 e. The van der Waals surface area contributed by atoms with Crippen molar-refractivity contribution in [3.05, 3.63) is 12.2 Å². The predicted molar refractivity (Wildman–Crippen MR) is 48.5 cm³/mol. The molecule has 0 amide bonds. The molecule has 1 nitrogen and oxygen atoms in total. The van der Waals surface area contributed by atoms with Crippen LogP contribution in [0, 0.1) is 29.6 Å². The molecule has 3 atom stereocenters. The van der Waals surface area contributed by atoms with Gasteiger partial charge in [0.05, 0.1) is 0 Å². The van der Waals surface area contributed by atoms with Crippen LogP contribution in [0.25, 0.3) is 0 Å². The summed E-state index contributed by atoms with van der Waals surface area (Å²) in [6.45, 7) is 0.916. The van der Waals surface area contributed by atoms with E-state index in [0.29, 0.717) is 0 Å². The van der Waals surface area contributed by atoms with E-state index in [9.17, 15) is 0 Å². The number of ether oxygens (including phenoxy) is 1. The summed E-state index contributed by atoms with van der Waals surface area (Å²) in [4.78, 5) is 0. The highest BCUT2D eigenvalue weighted by Crippen LogP contribution is 2.50. The lowest BCUT2D eigenvalue weighted by molar-refractivity contribution is 0.178. The Balaban J connectivity index is 1.95. The topological polar surface area (TPSA) is 9.23 Å². The van der Waals surface area contributed by atoms with Gasteiger partial charge in [-0.3, -0.25) is 0 Å². The van der Waals surface area contributed by atoms with Gasteiger partial charge in [-0.15, -0.1) is 0 Å². The molecule has 3 unspecified atom stereocenters. The number of hydrogen-bond acceptors (Lipinski definition) is 1. The van der Waals surface area contributed by atoms with Gasteiger partial charge in [0.15, 0.2) is 0 Å². The first kappa shape index (κ1) is 7.89. The molecule has 12 heavy (non-hydrogen) atoms. The van der Waals surface area contributed by atoms with Gasteiger partial charge in [-0.1, -0.05) is 17.9 Å². The third kappa shape index (κ3) is 1.40. The van der Waals surface area contributed by atoms with Gasteiger partial charge in [-0.05, 0) is 30.3 Å². The van der Waals surface area contributed by atoms with Crippen molar-refractivity contribution in [2.24, 2.45) is 17.8 Å². The fraction of sp³-hybridized carbons (Fsp3) is 0.636. The molecular formula is C11H14O. The zero-order valence-corrected chi connectivity index (χ0v) is 7.42. The summed E-state index contributed by atoms with van der Waals surface area (Å²) in [6.07, 6.45) is 6.58. The molecule has 0 spiro atoms. The second kappa shape index (κ2) is 3.33. The van der Waals surface area contributed by atoms with Gasteiger partial charge in [0, 0.05) is 20.1 Å².